The predicted molar refractivity (Wildman–Crippen MR) is 73.4 cm³/mol. The Hall–Kier alpha value is -2.15. The molecule has 0 aliphatic heterocycles. The highest BCUT2D eigenvalue weighted by atomic mass is 16.6. The van der Waals surface area contributed by atoms with Gasteiger partial charge in [0.05, 0.1) is 10.6 Å². The van der Waals surface area contributed by atoms with Crippen LogP contribution in [0.1, 0.15) is 25.7 Å². The molecule has 108 valence electrons. The van der Waals surface area contributed by atoms with E-state index < -0.39 is 11.0 Å². The highest BCUT2D eigenvalue weighted by Crippen LogP contribution is 2.21. The Balaban J connectivity index is 1.94. The van der Waals surface area contributed by atoms with Crippen LogP contribution in [-0.4, -0.2) is 23.2 Å². The Bertz CT molecular complexity index is 506. The number of carbonyl (C=O) groups is 1. The van der Waals surface area contributed by atoms with Crippen molar-refractivity contribution in [1.29, 1.82) is 0 Å². The lowest BCUT2D eigenvalue weighted by Crippen LogP contribution is -2.41. The zero-order valence-electron chi connectivity index (χ0n) is 11.0. The molecule has 3 N–H and O–H groups in total. The topological polar surface area (TPSA) is 107 Å². The first-order valence-electron chi connectivity index (χ1n) is 6.54. The zero-order valence-corrected chi connectivity index (χ0v) is 11.0. The van der Waals surface area contributed by atoms with Crippen LogP contribution in [0.25, 0.3) is 0 Å². The third kappa shape index (κ3) is 3.67. The molecule has 2 atom stereocenters. The molecule has 1 saturated carbocycles. The summed E-state index contributed by atoms with van der Waals surface area (Å²) < 4.78 is 5.26. The molecule has 0 heterocycles. The second-order valence-electron chi connectivity index (χ2n) is 4.82. The number of amides is 1. The van der Waals surface area contributed by atoms with Crippen LogP contribution in [-0.2, 0) is 4.74 Å². The molecule has 1 aliphatic rings. The van der Waals surface area contributed by atoms with Gasteiger partial charge < -0.3 is 10.5 Å². The van der Waals surface area contributed by atoms with E-state index in [4.69, 9.17) is 10.5 Å². The molecule has 2 rings (SSSR count). The standard InChI is InChI=1S/C13H17N3O4/c14-11-6-1-2-7-12(11)20-13(17)15-9-4-3-5-10(8-9)16(18)19/h3-5,8,11-12H,1-2,6-7,14H2,(H,15,17). The number of anilines is 1. The van der Waals surface area contributed by atoms with Crippen molar-refractivity contribution in [2.75, 3.05) is 5.32 Å². The minimum Gasteiger partial charge on any atom is -0.444 e. The van der Waals surface area contributed by atoms with Crippen molar-refractivity contribution in [3.63, 3.8) is 0 Å². The highest BCUT2D eigenvalue weighted by Gasteiger charge is 2.25. The number of non-ortho nitro benzene ring substituents is 1. The molecule has 2 unspecified atom stereocenters. The number of nitrogens with two attached hydrogens (primary N) is 1. The van der Waals surface area contributed by atoms with E-state index in [0.717, 1.165) is 25.7 Å². The van der Waals surface area contributed by atoms with Crippen LogP contribution in [0.3, 0.4) is 0 Å². The smallest absolute Gasteiger partial charge is 0.411 e. The summed E-state index contributed by atoms with van der Waals surface area (Å²) in [4.78, 5) is 21.9. The summed E-state index contributed by atoms with van der Waals surface area (Å²) in [6.07, 6.45) is 2.71. The van der Waals surface area contributed by atoms with E-state index in [9.17, 15) is 14.9 Å². The van der Waals surface area contributed by atoms with Gasteiger partial charge in [-0.3, -0.25) is 15.4 Å². The number of hydrogen-bond acceptors (Lipinski definition) is 5. The quantitative estimate of drug-likeness (QED) is 0.652. The second-order valence-corrected chi connectivity index (χ2v) is 4.82. The Kier molecular flexibility index (Phi) is 4.52. The minimum atomic E-state index is -0.632. The molecule has 1 fully saturated rings. The lowest BCUT2D eigenvalue weighted by atomic mass is 9.93. The molecule has 0 aromatic heterocycles. The van der Waals surface area contributed by atoms with Crippen molar-refractivity contribution in [1.82, 2.24) is 0 Å². The van der Waals surface area contributed by atoms with Crippen LogP contribution in [0.5, 0.6) is 0 Å². The van der Waals surface area contributed by atoms with Crippen molar-refractivity contribution in [3.8, 4) is 0 Å². The van der Waals surface area contributed by atoms with Gasteiger partial charge in [-0.15, -0.1) is 0 Å². The third-order valence-electron chi connectivity index (χ3n) is 3.32. The maximum absolute atomic E-state index is 11.7. The number of benzene rings is 1. The monoisotopic (exact) mass is 279 g/mol. The number of hydrogen-bond donors (Lipinski definition) is 2. The second kappa shape index (κ2) is 6.33. The van der Waals surface area contributed by atoms with Crippen molar-refractivity contribution < 1.29 is 14.5 Å². The summed E-state index contributed by atoms with van der Waals surface area (Å²) in [7, 11) is 0. The number of rotatable bonds is 3. The summed E-state index contributed by atoms with van der Waals surface area (Å²) in [6.45, 7) is 0. The molecule has 1 aliphatic carbocycles. The summed E-state index contributed by atoms with van der Waals surface area (Å²) in [5.41, 5.74) is 6.13. The van der Waals surface area contributed by atoms with Gasteiger partial charge in [0, 0.05) is 18.2 Å². The predicted octanol–water partition coefficient (Wildman–Crippen LogP) is 2.41. The molecule has 7 nitrogen and oxygen atoms in total. The normalized spacial score (nSPS) is 22.1. The van der Waals surface area contributed by atoms with Crippen LogP contribution in [0.15, 0.2) is 24.3 Å². The lowest BCUT2D eigenvalue weighted by molar-refractivity contribution is -0.384. The molecule has 0 saturated heterocycles. The lowest BCUT2D eigenvalue weighted by Gasteiger charge is -2.28. The van der Waals surface area contributed by atoms with Crippen LogP contribution < -0.4 is 11.1 Å². The SMILES string of the molecule is NC1CCCCC1OC(=O)Nc1cccc([N+](=O)[O-])c1. The van der Waals surface area contributed by atoms with Gasteiger partial charge in [-0.25, -0.2) is 4.79 Å². The van der Waals surface area contributed by atoms with Crippen molar-refractivity contribution in [2.45, 2.75) is 37.8 Å². The molecule has 0 radical (unpaired) electrons. The maximum atomic E-state index is 11.7. The maximum Gasteiger partial charge on any atom is 0.411 e. The van der Waals surface area contributed by atoms with Gasteiger partial charge in [-0.2, -0.15) is 0 Å². The first-order chi connectivity index (χ1) is 9.56. The van der Waals surface area contributed by atoms with E-state index in [-0.39, 0.29) is 17.8 Å². The molecular formula is C13H17N3O4. The zero-order chi connectivity index (χ0) is 14.5. The summed E-state index contributed by atoms with van der Waals surface area (Å²) in [5, 5.41) is 13.1. The van der Waals surface area contributed by atoms with Crippen LogP contribution in [0.4, 0.5) is 16.2 Å². The number of carbonyl (C=O) groups excluding carboxylic acids is 1. The van der Waals surface area contributed by atoms with Gasteiger partial charge in [0.25, 0.3) is 5.69 Å². The van der Waals surface area contributed by atoms with Gasteiger partial charge in [-0.1, -0.05) is 12.5 Å². The summed E-state index contributed by atoms with van der Waals surface area (Å²) >= 11 is 0. The minimum absolute atomic E-state index is 0.0860. The van der Waals surface area contributed by atoms with Gasteiger partial charge in [-0.05, 0) is 25.3 Å². The first kappa shape index (κ1) is 14.3. The number of ether oxygens (including phenoxy) is 1. The van der Waals surface area contributed by atoms with E-state index in [1.807, 2.05) is 0 Å². The fourth-order valence-electron chi connectivity index (χ4n) is 2.25. The summed E-state index contributed by atoms with van der Waals surface area (Å²) in [5.74, 6) is 0. The fourth-order valence-corrected chi connectivity index (χ4v) is 2.25. The van der Waals surface area contributed by atoms with E-state index in [1.165, 1.54) is 18.2 Å². The van der Waals surface area contributed by atoms with Gasteiger partial charge in [0.15, 0.2) is 0 Å². The Morgan fingerprint density at radius 3 is 2.85 bits per heavy atom. The Morgan fingerprint density at radius 2 is 2.15 bits per heavy atom. The van der Waals surface area contributed by atoms with Crippen LogP contribution in [0, 0.1) is 10.1 Å². The highest BCUT2D eigenvalue weighted by molar-refractivity contribution is 5.85. The molecule has 1 amide bonds. The molecule has 1 aromatic carbocycles. The average molecular weight is 279 g/mol. The largest absolute Gasteiger partial charge is 0.444 e. The number of nitro groups is 1. The van der Waals surface area contributed by atoms with E-state index in [2.05, 4.69) is 5.32 Å². The average Bonchev–Trinajstić information content (AvgIpc) is 2.41. The molecule has 0 bridgehead atoms. The molecular weight excluding hydrogens is 262 g/mol. The van der Waals surface area contributed by atoms with Gasteiger partial charge in [0.1, 0.15) is 6.10 Å². The van der Waals surface area contributed by atoms with Crippen molar-refractivity contribution in [3.05, 3.63) is 34.4 Å². The molecule has 0 spiro atoms. The van der Waals surface area contributed by atoms with E-state index in [0.29, 0.717) is 5.69 Å². The van der Waals surface area contributed by atoms with Crippen LogP contribution in [0.2, 0.25) is 0 Å². The van der Waals surface area contributed by atoms with Crippen molar-refractivity contribution >= 4 is 17.5 Å². The van der Waals surface area contributed by atoms with E-state index in [1.54, 1.807) is 6.07 Å². The molecule has 1 aromatic rings. The molecule has 20 heavy (non-hydrogen) atoms. The number of nitro benzene ring substituents is 1. The summed E-state index contributed by atoms with van der Waals surface area (Å²) in [6, 6.07) is 5.56. The van der Waals surface area contributed by atoms with Crippen LogP contribution >= 0.6 is 0 Å². The van der Waals surface area contributed by atoms with Crippen molar-refractivity contribution in [2.24, 2.45) is 5.73 Å². The number of nitrogens with zero attached hydrogens (tertiary/aromatic N) is 1. The molecule has 7 heteroatoms. The first-order valence-corrected chi connectivity index (χ1v) is 6.54. The van der Waals surface area contributed by atoms with Gasteiger partial charge in [0.2, 0.25) is 0 Å². The number of nitrogens with one attached hydrogen (secondary N) is 1. The van der Waals surface area contributed by atoms with Gasteiger partial charge >= 0.3 is 6.09 Å². The fraction of sp³-hybridized carbons (Fsp3) is 0.462. The Morgan fingerprint density at radius 1 is 1.40 bits per heavy atom. The third-order valence-corrected chi connectivity index (χ3v) is 3.32. The van der Waals surface area contributed by atoms with E-state index >= 15 is 0 Å². The Labute approximate surface area is 116 Å².